The van der Waals surface area contributed by atoms with Gasteiger partial charge in [0.1, 0.15) is 5.69 Å². The van der Waals surface area contributed by atoms with Crippen molar-refractivity contribution in [1.29, 1.82) is 0 Å². The Kier molecular flexibility index (Phi) is 20.3. The number of halogens is 1. The molecule has 2 heterocycles. The van der Waals surface area contributed by atoms with Crippen LogP contribution in [-0.4, -0.2) is 49.0 Å². The van der Waals surface area contributed by atoms with Crippen LogP contribution in [0.3, 0.4) is 0 Å². The van der Waals surface area contributed by atoms with E-state index in [2.05, 4.69) is 35.7 Å². The third-order valence-corrected chi connectivity index (χ3v) is 4.27. The van der Waals surface area contributed by atoms with Gasteiger partial charge in [-0.05, 0) is 55.4 Å². The van der Waals surface area contributed by atoms with E-state index in [-0.39, 0.29) is 0 Å². The number of allylic oxidation sites excluding steroid dienone is 1. The zero-order chi connectivity index (χ0) is 24.9. The highest BCUT2D eigenvalue weighted by Crippen LogP contribution is 2.22. The van der Waals surface area contributed by atoms with E-state index in [1.54, 1.807) is 18.3 Å². The minimum absolute atomic E-state index is 0.424. The molecule has 1 aromatic carbocycles. The highest BCUT2D eigenvalue weighted by molar-refractivity contribution is 6.30. The van der Waals surface area contributed by atoms with Crippen LogP contribution < -0.4 is 5.73 Å². The summed E-state index contributed by atoms with van der Waals surface area (Å²) in [6, 6.07) is 11.5. The molecular weight excluding hydrogens is 422 g/mol. The van der Waals surface area contributed by atoms with Gasteiger partial charge in [0.25, 0.3) is 0 Å². The van der Waals surface area contributed by atoms with Gasteiger partial charge in [0, 0.05) is 29.5 Å². The van der Waals surface area contributed by atoms with Gasteiger partial charge < -0.3 is 15.4 Å². The minimum atomic E-state index is 0.424. The van der Waals surface area contributed by atoms with Crippen molar-refractivity contribution in [2.45, 2.75) is 40.7 Å². The lowest BCUT2D eigenvalue weighted by Crippen LogP contribution is -2.42. The van der Waals surface area contributed by atoms with Crippen LogP contribution in [0.1, 0.15) is 45.1 Å². The first-order chi connectivity index (χ1) is 15.5. The van der Waals surface area contributed by atoms with E-state index in [0.717, 1.165) is 42.9 Å². The predicted octanol–water partition coefficient (Wildman–Crippen LogP) is 6.25. The number of rotatable bonds is 4. The first-order valence-electron chi connectivity index (χ1n) is 11.0. The quantitative estimate of drug-likeness (QED) is 0.430. The van der Waals surface area contributed by atoms with Crippen molar-refractivity contribution in [3.05, 3.63) is 78.2 Å². The SMILES string of the molecule is C=CC(=C)N1CCOCC1C.CC.CC.CN.O=Cc1cc(-c2cccc(Cl)c2)ccn1. The molecule has 0 spiro atoms. The van der Waals surface area contributed by atoms with Gasteiger partial charge in [-0.3, -0.25) is 9.78 Å². The summed E-state index contributed by atoms with van der Waals surface area (Å²) in [5.74, 6) is 0. The summed E-state index contributed by atoms with van der Waals surface area (Å²) in [6.45, 7) is 20.3. The molecule has 0 bridgehead atoms. The number of carbonyl (C=O) groups is 1. The molecule has 0 aliphatic carbocycles. The van der Waals surface area contributed by atoms with Crippen molar-refractivity contribution in [1.82, 2.24) is 9.88 Å². The summed E-state index contributed by atoms with van der Waals surface area (Å²) in [6.07, 6.45) is 4.13. The van der Waals surface area contributed by atoms with Crippen molar-refractivity contribution in [3.63, 3.8) is 0 Å². The molecule has 178 valence electrons. The van der Waals surface area contributed by atoms with Gasteiger partial charge in [-0.15, -0.1) is 0 Å². The van der Waals surface area contributed by atoms with Crippen LogP contribution in [0.5, 0.6) is 0 Å². The van der Waals surface area contributed by atoms with Crippen molar-refractivity contribution < 1.29 is 9.53 Å². The standard InChI is InChI=1S/C12H8ClNO.C9H15NO.2C2H6.CH5N/c13-11-3-1-2-9(6-11)10-4-5-14-12(7-10)8-15;1-4-8(2)10-5-6-11-7-9(10)3;3*1-2/h1-8H;4,9H,1-2,5-7H2,3H3;2*1-2H3;2H2,1H3. The first-order valence-corrected chi connectivity index (χ1v) is 11.3. The van der Waals surface area contributed by atoms with E-state index in [0.29, 0.717) is 16.8 Å². The second kappa shape index (κ2) is 20.4. The lowest BCUT2D eigenvalue weighted by molar-refractivity contribution is 0.0191. The summed E-state index contributed by atoms with van der Waals surface area (Å²) < 4.78 is 5.29. The van der Waals surface area contributed by atoms with E-state index in [9.17, 15) is 4.79 Å². The molecule has 1 aromatic heterocycles. The van der Waals surface area contributed by atoms with Crippen molar-refractivity contribution >= 4 is 17.9 Å². The van der Waals surface area contributed by atoms with Gasteiger partial charge in [0.05, 0.1) is 13.2 Å². The third kappa shape index (κ3) is 11.8. The van der Waals surface area contributed by atoms with E-state index in [1.807, 2.05) is 58.0 Å². The monoisotopic (exact) mass is 461 g/mol. The van der Waals surface area contributed by atoms with Crippen LogP contribution in [0.4, 0.5) is 0 Å². The number of hydrogen-bond acceptors (Lipinski definition) is 5. The fourth-order valence-corrected chi connectivity index (χ4v) is 2.82. The van der Waals surface area contributed by atoms with Gasteiger partial charge in [-0.1, -0.05) is 64.6 Å². The molecule has 1 fully saturated rings. The molecule has 0 radical (unpaired) electrons. The number of benzene rings is 1. The van der Waals surface area contributed by atoms with Crippen LogP contribution in [0.15, 0.2) is 67.5 Å². The van der Waals surface area contributed by atoms with Gasteiger partial charge in [-0.2, -0.15) is 0 Å². The number of pyridine rings is 1. The Morgan fingerprint density at radius 1 is 1.19 bits per heavy atom. The molecular formula is C26H40ClN3O2. The van der Waals surface area contributed by atoms with Gasteiger partial charge in [-0.25, -0.2) is 0 Å². The van der Waals surface area contributed by atoms with Crippen molar-refractivity contribution in [2.75, 3.05) is 26.8 Å². The molecule has 0 saturated carbocycles. The number of hydrogen-bond donors (Lipinski definition) is 1. The number of aldehydes is 1. The molecule has 1 saturated heterocycles. The molecule has 2 aromatic rings. The van der Waals surface area contributed by atoms with Gasteiger partial charge >= 0.3 is 0 Å². The third-order valence-electron chi connectivity index (χ3n) is 4.03. The zero-order valence-corrected chi connectivity index (χ0v) is 21.2. The highest BCUT2D eigenvalue weighted by atomic mass is 35.5. The van der Waals surface area contributed by atoms with E-state index in [1.165, 1.54) is 7.05 Å². The Balaban J connectivity index is 0. The number of ether oxygens (including phenoxy) is 1. The number of morpholine rings is 1. The molecule has 1 aliphatic rings. The van der Waals surface area contributed by atoms with E-state index >= 15 is 0 Å². The Labute approximate surface area is 199 Å². The van der Waals surface area contributed by atoms with Crippen LogP contribution >= 0.6 is 11.6 Å². The molecule has 32 heavy (non-hydrogen) atoms. The van der Waals surface area contributed by atoms with E-state index < -0.39 is 0 Å². The summed E-state index contributed by atoms with van der Waals surface area (Å²) in [4.78, 5) is 16.7. The Bertz CT molecular complexity index is 781. The molecule has 5 nitrogen and oxygen atoms in total. The summed E-state index contributed by atoms with van der Waals surface area (Å²) in [7, 11) is 1.50. The average molecular weight is 462 g/mol. The summed E-state index contributed by atoms with van der Waals surface area (Å²) in [5.41, 5.74) is 7.84. The smallest absolute Gasteiger partial charge is 0.168 e. The molecule has 3 rings (SSSR count). The Hall–Kier alpha value is -2.47. The van der Waals surface area contributed by atoms with Crippen LogP contribution in [-0.2, 0) is 4.74 Å². The molecule has 6 heteroatoms. The predicted molar refractivity (Wildman–Crippen MR) is 139 cm³/mol. The fraction of sp³-hybridized carbons (Fsp3) is 0.385. The topological polar surface area (TPSA) is 68.5 Å². The molecule has 1 unspecified atom stereocenters. The number of aromatic nitrogens is 1. The number of carbonyl (C=O) groups excluding carboxylic acids is 1. The molecule has 0 amide bonds. The molecule has 1 aliphatic heterocycles. The highest BCUT2D eigenvalue weighted by Gasteiger charge is 2.17. The maximum absolute atomic E-state index is 10.6. The lowest BCUT2D eigenvalue weighted by atomic mass is 10.1. The van der Waals surface area contributed by atoms with E-state index in [4.69, 9.17) is 16.3 Å². The maximum Gasteiger partial charge on any atom is 0.168 e. The van der Waals surface area contributed by atoms with Gasteiger partial charge in [0.15, 0.2) is 6.29 Å². The van der Waals surface area contributed by atoms with Crippen LogP contribution in [0.2, 0.25) is 5.02 Å². The number of nitrogens with zero attached hydrogens (tertiary/aromatic N) is 2. The number of nitrogens with two attached hydrogens (primary N) is 1. The largest absolute Gasteiger partial charge is 0.377 e. The lowest BCUT2D eigenvalue weighted by Gasteiger charge is -2.35. The first kappa shape index (κ1) is 31.7. The zero-order valence-electron chi connectivity index (χ0n) is 20.5. The maximum atomic E-state index is 10.6. The summed E-state index contributed by atoms with van der Waals surface area (Å²) in [5, 5.41) is 0.678. The normalized spacial score (nSPS) is 13.8. The Morgan fingerprint density at radius 2 is 1.81 bits per heavy atom. The van der Waals surface area contributed by atoms with Crippen molar-refractivity contribution in [2.24, 2.45) is 5.73 Å². The second-order valence-electron chi connectivity index (χ2n) is 5.91. The molecule has 1 atom stereocenters. The Morgan fingerprint density at radius 3 is 2.34 bits per heavy atom. The average Bonchev–Trinajstić information content (AvgIpc) is 2.88. The molecule has 2 N–H and O–H groups in total. The van der Waals surface area contributed by atoms with Gasteiger partial charge in [0.2, 0.25) is 0 Å². The van der Waals surface area contributed by atoms with Crippen molar-refractivity contribution in [3.8, 4) is 11.1 Å². The van der Waals surface area contributed by atoms with Crippen LogP contribution in [0.25, 0.3) is 11.1 Å². The van der Waals surface area contributed by atoms with Crippen LogP contribution in [0, 0.1) is 0 Å². The summed E-state index contributed by atoms with van der Waals surface area (Å²) >= 11 is 5.88. The minimum Gasteiger partial charge on any atom is -0.377 e. The fourth-order valence-electron chi connectivity index (χ4n) is 2.63. The second-order valence-corrected chi connectivity index (χ2v) is 6.35.